The van der Waals surface area contributed by atoms with E-state index in [1.807, 2.05) is 24.3 Å². The number of benzene rings is 2. The van der Waals surface area contributed by atoms with E-state index in [9.17, 15) is 9.50 Å². The molecule has 0 saturated carbocycles. The third-order valence-corrected chi connectivity index (χ3v) is 4.33. The third-order valence-electron chi connectivity index (χ3n) is 3.00. The first-order chi connectivity index (χ1) is 8.88. The molecule has 0 amide bonds. The highest BCUT2D eigenvalue weighted by Gasteiger charge is 2.23. The SMILES string of the molecule is CC(O)(Cc1ccc(F)c(Br)c1)c1ccc(I)cc1. The van der Waals surface area contributed by atoms with Crippen molar-refractivity contribution in [3.8, 4) is 0 Å². The zero-order valence-corrected chi connectivity index (χ0v) is 14.1. The van der Waals surface area contributed by atoms with Gasteiger partial charge in [-0.15, -0.1) is 0 Å². The van der Waals surface area contributed by atoms with Crippen molar-refractivity contribution >= 4 is 38.5 Å². The van der Waals surface area contributed by atoms with Crippen molar-refractivity contribution in [3.05, 3.63) is 67.5 Å². The largest absolute Gasteiger partial charge is 0.385 e. The lowest BCUT2D eigenvalue weighted by Crippen LogP contribution is -2.24. The van der Waals surface area contributed by atoms with Gasteiger partial charge in [0.25, 0.3) is 0 Å². The van der Waals surface area contributed by atoms with Crippen LogP contribution in [0.3, 0.4) is 0 Å². The second-order valence-corrected chi connectivity index (χ2v) is 6.81. The normalized spacial score (nSPS) is 14.2. The Kier molecular flexibility index (Phi) is 4.63. The van der Waals surface area contributed by atoms with E-state index in [1.165, 1.54) is 6.07 Å². The molecule has 1 nitrogen and oxygen atoms in total. The maximum atomic E-state index is 13.2. The number of hydrogen-bond acceptors (Lipinski definition) is 1. The topological polar surface area (TPSA) is 20.2 Å². The molecule has 2 rings (SSSR count). The van der Waals surface area contributed by atoms with Gasteiger partial charge < -0.3 is 5.11 Å². The van der Waals surface area contributed by atoms with Crippen LogP contribution in [0.25, 0.3) is 0 Å². The second-order valence-electron chi connectivity index (χ2n) is 4.71. The first-order valence-corrected chi connectivity index (χ1v) is 7.68. The molecule has 0 aliphatic rings. The van der Waals surface area contributed by atoms with E-state index >= 15 is 0 Å². The van der Waals surface area contributed by atoms with Crippen LogP contribution in [0, 0.1) is 9.39 Å². The Hall–Kier alpha value is -0.460. The van der Waals surface area contributed by atoms with E-state index in [0.717, 1.165) is 14.7 Å². The highest BCUT2D eigenvalue weighted by Crippen LogP contribution is 2.27. The van der Waals surface area contributed by atoms with Crippen LogP contribution in [0.5, 0.6) is 0 Å². The van der Waals surface area contributed by atoms with Crippen LogP contribution in [0.1, 0.15) is 18.1 Å². The first-order valence-electron chi connectivity index (χ1n) is 5.81. The van der Waals surface area contributed by atoms with E-state index in [2.05, 4.69) is 38.5 Å². The minimum absolute atomic E-state index is 0.294. The van der Waals surface area contributed by atoms with Crippen molar-refractivity contribution in [1.82, 2.24) is 0 Å². The molecule has 19 heavy (non-hydrogen) atoms. The summed E-state index contributed by atoms with van der Waals surface area (Å²) >= 11 is 5.39. The average molecular weight is 435 g/mol. The molecule has 0 aromatic heterocycles. The molecule has 0 spiro atoms. The molecule has 100 valence electrons. The van der Waals surface area contributed by atoms with Gasteiger partial charge in [0.05, 0.1) is 10.1 Å². The highest BCUT2D eigenvalue weighted by atomic mass is 127. The molecular formula is C15H13BrFIO. The third kappa shape index (κ3) is 3.77. The molecule has 1 N–H and O–H groups in total. The van der Waals surface area contributed by atoms with Crippen molar-refractivity contribution in [3.63, 3.8) is 0 Å². The minimum Gasteiger partial charge on any atom is -0.385 e. The molecule has 0 radical (unpaired) electrons. The van der Waals surface area contributed by atoms with Crippen LogP contribution in [-0.2, 0) is 12.0 Å². The van der Waals surface area contributed by atoms with E-state index in [4.69, 9.17) is 0 Å². The molecule has 1 atom stereocenters. The summed E-state index contributed by atoms with van der Waals surface area (Å²) in [5.41, 5.74) is 0.770. The van der Waals surface area contributed by atoms with Crippen molar-refractivity contribution < 1.29 is 9.50 Å². The van der Waals surface area contributed by atoms with E-state index in [0.29, 0.717) is 10.9 Å². The summed E-state index contributed by atoms with van der Waals surface area (Å²) < 4.78 is 14.7. The van der Waals surface area contributed by atoms with Gasteiger partial charge in [0.2, 0.25) is 0 Å². The number of aliphatic hydroxyl groups is 1. The summed E-state index contributed by atoms with van der Waals surface area (Å²) in [5.74, 6) is -0.294. The standard InChI is InChI=1S/C15H13BrFIO/c1-15(19,11-3-5-12(18)6-4-11)9-10-2-7-14(17)13(16)8-10/h2-8,19H,9H2,1H3. The molecule has 0 aliphatic heterocycles. The molecule has 4 heteroatoms. The number of halogens is 3. The Labute approximate surface area is 134 Å². The molecule has 0 fully saturated rings. The monoisotopic (exact) mass is 434 g/mol. The smallest absolute Gasteiger partial charge is 0.137 e. The number of hydrogen-bond donors (Lipinski definition) is 1. The Morgan fingerprint density at radius 2 is 1.84 bits per heavy atom. The van der Waals surface area contributed by atoms with Crippen LogP contribution >= 0.6 is 38.5 Å². The fraction of sp³-hybridized carbons (Fsp3) is 0.200. The van der Waals surface area contributed by atoms with E-state index < -0.39 is 5.60 Å². The minimum atomic E-state index is -0.971. The molecule has 0 heterocycles. The van der Waals surface area contributed by atoms with Crippen molar-refractivity contribution in [2.24, 2.45) is 0 Å². The lowest BCUT2D eigenvalue weighted by molar-refractivity contribution is 0.0576. The summed E-state index contributed by atoms with van der Waals surface area (Å²) in [6.07, 6.45) is 0.437. The maximum Gasteiger partial charge on any atom is 0.137 e. The lowest BCUT2D eigenvalue weighted by atomic mass is 9.89. The average Bonchev–Trinajstić information content (AvgIpc) is 2.34. The fourth-order valence-corrected chi connectivity index (χ4v) is 2.74. The Morgan fingerprint density at radius 3 is 2.42 bits per heavy atom. The van der Waals surface area contributed by atoms with Crippen molar-refractivity contribution in [1.29, 1.82) is 0 Å². The van der Waals surface area contributed by atoms with Crippen LogP contribution < -0.4 is 0 Å². The van der Waals surface area contributed by atoms with Crippen LogP contribution in [-0.4, -0.2) is 5.11 Å². The summed E-state index contributed by atoms with van der Waals surface area (Å²) in [7, 11) is 0. The van der Waals surface area contributed by atoms with E-state index in [-0.39, 0.29) is 5.82 Å². The summed E-state index contributed by atoms with van der Waals surface area (Å²) in [4.78, 5) is 0. The number of rotatable bonds is 3. The lowest BCUT2D eigenvalue weighted by Gasteiger charge is -2.24. The summed E-state index contributed by atoms with van der Waals surface area (Å²) in [5, 5.41) is 10.6. The Morgan fingerprint density at radius 1 is 1.21 bits per heavy atom. The first kappa shape index (κ1) is 14.9. The molecule has 2 aromatic rings. The van der Waals surface area contributed by atoms with Gasteiger partial charge in [0.1, 0.15) is 5.82 Å². The van der Waals surface area contributed by atoms with Crippen molar-refractivity contribution in [2.75, 3.05) is 0 Å². The van der Waals surface area contributed by atoms with Gasteiger partial charge in [-0.1, -0.05) is 18.2 Å². The zero-order valence-electron chi connectivity index (χ0n) is 10.3. The molecule has 0 bridgehead atoms. The molecule has 0 saturated heterocycles. The van der Waals surface area contributed by atoms with Crippen molar-refractivity contribution in [2.45, 2.75) is 18.9 Å². The second kappa shape index (κ2) is 5.89. The van der Waals surface area contributed by atoms with Gasteiger partial charge in [0, 0.05) is 9.99 Å². The molecule has 0 aliphatic carbocycles. The Bertz CT molecular complexity index is 581. The predicted octanol–water partition coefficient (Wildman–Crippen LogP) is 4.64. The van der Waals surface area contributed by atoms with E-state index in [1.54, 1.807) is 19.1 Å². The van der Waals surface area contributed by atoms with Crippen LogP contribution in [0.4, 0.5) is 4.39 Å². The fourth-order valence-electron chi connectivity index (χ4n) is 1.96. The van der Waals surface area contributed by atoms with Crippen LogP contribution in [0.2, 0.25) is 0 Å². The van der Waals surface area contributed by atoms with Gasteiger partial charge in [-0.3, -0.25) is 0 Å². The Balaban J connectivity index is 2.25. The van der Waals surface area contributed by atoms with Gasteiger partial charge in [-0.05, 0) is 80.8 Å². The molecule has 2 aromatic carbocycles. The van der Waals surface area contributed by atoms with Gasteiger partial charge in [0.15, 0.2) is 0 Å². The van der Waals surface area contributed by atoms with Gasteiger partial charge in [-0.2, -0.15) is 0 Å². The van der Waals surface area contributed by atoms with Gasteiger partial charge in [-0.25, -0.2) is 4.39 Å². The predicted molar refractivity (Wildman–Crippen MR) is 86.5 cm³/mol. The van der Waals surface area contributed by atoms with Crippen LogP contribution in [0.15, 0.2) is 46.9 Å². The van der Waals surface area contributed by atoms with Gasteiger partial charge >= 0.3 is 0 Å². The maximum absolute atomic E-state index is 13.2. The zero-order chi connectivity index (χ0) is 14.0. The molecular weight excluding hydrogens is 422 g/mol. The molecule has 1 unspecified atom stereocenters. The summed E-state index contributed by atoms with van der Waals surface area (Å²) in [6.45, 7) is 1.77. The highest BCUT2D eigenvalue weighted by molar-refractivity contribution is 14.1. The quantitative estimate of drug-likeness (QED) is 0.697. The summed E-state index contributed by atoms with van der Waals surface area (Å²) in [6, 6.07) is 12.6.